The van der Waals surface area contributed by atoms with Crippen molar-refractivity contribution in [3.63, 3.8) is 0 Å². The number of esters is 1. The lowest BCUT2D eigenvalue weighted by molar-refractivity contribution is -0.132. The number of ketones is 1. The number of ether oxygens (including phenoxy) is 1. The summed E-state index contributed by atoms with van der Waals surface area (Å²) >= 11 is 3.45. The first-order valence-corrected chi connectivity index (χ1v) is 11.9. The summed E-state index contributed by atoms with van der Waals surface area (Å²) in [6.07, 6.45) is 0. The van der Waals surface area contributed by atoms with Gasteiger partial charge in [0.05, 0.1) is 23.8 Å². The van der Waals surface area contributed by atoms with Crippen molar-refractivity contribution in [3.05, 3.63) is 105 Å². The Hall–Kier alpha value is -3.71. The SMILES string of the molecule is CCOC(=O)c1ccc(N2C(=O)C(=O)/C(=C(\O)c3ccc(Br)c(C)c3)C2c2cccc(C)c2)cc1. The Kier molecular flexibility index (Phi) is 6.89. The molecule has 1 atom stereocenters. The summed E-state index contributed by atoms with van der Waals surface area (Å²) < 4.78 is 5.90. The smallest absolute Gasteiger partial charge is 0.338 e. The van der Waals surface area contributed by atoms with Crippen LogP contribution in [0.3, 0.4) is 0 Å². The number of Topliss-reactive ketones (excluding diaryl/α,β-unsaturated/α-hetero) is 1. The van der Waals surface area contributed by atoms with Gasteiger partial charge in [-0.3, -0.25) is 14.5 Å². The monoisotopic (exact) mass is 533 g/mol. The molecule has 3 aromatic rings. The topological polar surface area (TPSA) is 83.9 Å². The number of hydrogen-bond donors (Lipinski definition) is 1. The van der Waals surface area contributed by atoms with E-state index in [9.17, 15) is 19.5 Å². The fourth-order valence-corrected chi connectivity index (χ4v) is 4.42. The third-order valence-corrected chi connectivity index (χ3v) is 6.78. The van der Waals surface area contributed by atoms with Gasteiger partial charge >= 0.3 is 5.97 Å². The Labute approximate surface area is 212 Å². The standard InChI is InChI=1S/C28H24BrNO5/c1-4-35-28(34)18-8-11-21(12-9-18)30-24(19-7-5-6-16(2)14-19)23(26(32)27(30)33)25(31)20-10-13-22(29)17(3)15-20/h5-15,24,31H,4H2,1-3H3/b25-23-. The number of hydrogen-bond acceptors (Lipinski definition) is 5. The van der Waals surface area contributed by atoms with Crippen molar-refractivity contribution in [2.45, 2.75) is 26.8 Å². The summed E-state index contributed by atoms with van der Waals surface area (Å²) in [4.78, 5) is 40.0. The van der Waals surface area contributed by atoms with Gasteiger partial charge < -0.3 is 9.84 Å². The fourth-order valence-electron chi connectivity index (χ4n) is 4.17. The molecule has 178 valence electrons. The van der Waals surface area contributed by atoms with Gasteiger partial charge in [-0.25, -0.2) is 4.79 Å². The molecule has 1 fully saturated rings. The highest BCUT2D eigenvalue weighted by atomic mass is 79.9. The minimum atomic E-state index is -0.840. The molecule has 0 bridgehead atoms. The zero-order valence-electron chi connectivity index (χ0n) is 19.5. The molecule has 7 heteroatoms. The van der Waals surface area contributed by atoms with Crippen molar-refractivity contribution in [2.75, 3.05) is 11.5 Å². The van der Waals surface area contributed by atoms with Crippen LogP contribution < -0.4 is 4.90 Å². The Morgan fingerprint density at radius 2 is 1.69 bits per heavy atom. The summed E-state index contributed by atoms with van der Waals surface area (Å²) in [5, 5.41) is 11.3. The number of amides is 1. The van der Waals surface area contributed by atoms with Crippen molar-refractivity contribution >= 4 is 45.0 Å². The van der Waals surface area contributed by atoms with Crippen LogP contribution in [-0.2, 0) is 14.3 Å². The molecule has 1 aliphatic heterocycles. The first-order valence-electron chi connectivity index (χ1n) is 11.1. The summed E-state index contributed by atoms with van der Waals surface area (Å²) in [5.74, 6) is -2.24. The van der Waals surface area contributed by atoms with Crippen LogP contribution in [0.25, 0.3) is 5.76 Å². The molecule has 1 saturated heterocycles. The number of carbonyl (C=O) groups excluding carboxylic acids is 3. The van der Waals surface area contributed by atoms with Crippen molar-refractivity contribution in [3.8, 4) is 0 Å². The van der Waals surface area contributed by atoms with Crippen molar-refractivity contribution < 1.29 is 24.2 Å². The second-order valence-corrected chi connectivity index (χ2v) is 9.17. The second kappa shape index (κ2) is 9.88. The van der Waals surface area contributed by atoms with Crippen LogP contribution in [0.5, 0.6) is 0 Å². The summed E-state index contributed by atoms with van der Waals surface area (Å²) in [6.45, 7) is 5.77. The molecule has 1 aliphatic rings. The third-order valence-electron chi connectivity index (χ3n) is 5.89. The molecule has 0 radical (unpaired) electrons. The van der Waals surface area contributed by atoms with E-state index in [1.54, 1.807) is 49.4 Å². The Morgan fingerprint density at radius 3 is 2.31 bits per heavy atom. The second-order valence-electron chi connectivity index (χ2n) is 8.31. The number of halogens is 1. The van der Waals surface area contributed by atoms with E-state index < -0.39 is 23.7 Å². The van der Waals surface area contributed by atoms with Crippen LogP contribution in [0.1, 0.15) is 45.6 Å². The number of benzene rings is 3. The zero-order valence-corrected chi connectivity index (χ0v) is 21.1. The molecule has 0 spiro atoms. The molecular formula is C28H24BrNO5. The number of aryl methyl sites for hydroxylation is 2. The number of carbonyl (C=O) groups is 3. The maximum atomic E-state index is 13.3. The lowest BCUT2D eigenvalue weighted by atomic mass is 9.94. The number of aliphatic hydroxyl groups is 1. The van der Waals surface area contributed by atoms with Gasteiger partial charge in [0, 0.05) is 15.7 Å². The lowest BCUT2D eigenvalue weighted by Crippen LogP contribution is -2.29. The highest BCUT2D eigenvalue weighted by Gasteiger charge is 2.47. The lowest BCUT2D eigenvalue weighted by Gasteiger charge is -2.26. The van der Waals surface area contributed by atoms with Gasteiger partial charge in [0.25, 0.3) is 11.7 Å². The average Bonchev–Trinajstić information content (AvgIpc) is 3.11. The number of nitrogens with zero attached hydrogens (tertiary/aromatic N) is 1. The molecule has 3 aromatic carbocycles. The first kappa shape index (κ1) is 24.4. The molecule has 0 saturated carbocycles. The normalized spacial score (nSPS) is 17.0. The Balaban J connectivity index is 1.88. The van der Waals surface area contributed by atoms with E-state index in [1.807, 2.05) is 38.1 Å². The quantitative estimate of drug-likeness (QED) is 0.192. The maximum Gasteiger partial charge on any atom is 0.338 e. The van der Waals surface area contributed by atoms with Gasteiger partial charge in [-0.05, 0) is 68.3 Å². The molecule has 0 aliphatic carbocycles. The van der Waals surface area contributed by atoms with Gasteiger partial charge in [-0.1, -0.05) is 51.8 Å². The van der Waals surface area contributed by atoms with Crippen LogP contribution in [0.15, 0.2) is 76.8 Å². The summed E-state index contributed by atoms with van der Waals surface area (Å²) in [6, 6.07) is 18.2. The average molecular weight is 534 g/mol. The number of rotatable bonds is 5. The predicted molar refractivity (Wildman–Crippen MR) is 137 cm³/mol. The highest BCUT2D eigenvalue weighted by molar-refractivity contribution is 9.10. The largest absolute Gasteiger partial charge is 0.507 e. The van der Waals surface area contributed by atoms with Crippen molar-refractivity contribution in [1.82, 2.24) is 0 Å². The third kappa shape index (κ3) is 4.64. The molecule has 1 heterocycles. The molecule has 35 heavy (non-hydrogen) atoms. The van der Waals surface area contributed by atoms with Gasteiger partial charge in [0.15, 0.2) is 0 Å². The van der Waals surface area contributed by atoms with E-state index in [0.29, 0.717) is 22.4 Å². The van der Waals surface area contributed by atoms with Gasteiger partial charge in [-0.2, -0.15) is 0 Å². The summed E-state index contributed by atoms with van der Waals surface area (Å²) in [5.41, 5.74) is 3.74. The molecule has 0 aromatic heterocycles. The molecule has 6 nitrogen and oxygen atoms in total. The molecule has 1 N–H and O–H groups in total. The van der Waals surface area contributed by atoms with Crippen LogP contribution in [0, 0.1) is 13.8 Å². The van der Waals surface area contributed by atoms with E-state index in [4.69, 9.17) is 4.74 Å². The molecular weight excluding hydrogens is 510 g/mol. The van der Waals surface area contributed by atoms with Crippen LogP contribution in [0.4, 0.5) is 5.69 Å². The number of anilines is 1. The molecule has 1 unspecified atom stereocenters. The minimum Gasteiger partial charge on any atom is -0.507 e. The predicted octanol–water partition coefficient (Wildman–Crippen LogP) is 5.87. The van der Waals surface area contributed by atoms with Crippen molar-refractivity contribution in [1.29, 1.82) is 0 Å². The van der Waals surface area contributed by atoms with E-state index in [0.717, 1.165) is 15.6 Å². The van der Waals surface area contributed by atoms with Crippen molar-refractivity contribution in [2.24, 2.45) is 0 Å². The van der Waals surface area contributed by atoms with E-state index >= 15 is 0 Å². The molecule has 4 rings (SSSR count). The highest BCUT2D eigenvalue weighted by Crippen LogP contribution is 2.42. The minimum absolute atomic E-state index is 0.0109. The van der Waals surface area contributed by atoms with Crippen LogP contribution >= 0.6 is 15.9 Å². The Bertz CT molecular complexity index is 1360. The van der Waals surface area contributed by atoms with Gasteiger partial charge in [0.2, 0.25) is 0 Å². The van der Waals surface area contributed by atoms with E-state index in [1.165, 1.54) is 4.90 Å². The summed E-state index contributed by atoms with van der Waals surface area (Å²) in [7, 11) is 0. The van der Waals surface area contributed by atoms with Gasteiger partial charge in [0.1, 0.15) is 5.76 Å². The zero-order chi connectivity index (χ0) is 25.3. The number of aliphatic hydroxyl groups excluding tert-OH is 1. The van der Waals surface area contributed by atoms with Crippen LogP contribution in [0.2, 0.25) is 0 Å². The van der Waals surface area contributed by atoms with E-state index in [2.05, 4.69) is 15.9 Å². The van der Waals surface area contributed by atoms with E-state index in [-0.39, 0.29) is 17.9 Å². The fraction of sp³-hybridized carbons (Fsp3) is 0.179. The van der Waals surface area contributed by atoms with Gasteiger partial charge in [-0.15, -0.1) is 0 Å². The Morgan fingerprint density at radius 1 is 1.00 bits per heavy atom. The maximum absolute atomic E-state index is 13.3. The molecule has 1 amide bonds. The first-order chi connectivity index (χ1) is 16.7. The van der Waals surface area contributed by atoms with Crippen LogP contribution in [-0.4, -0.2) is 29.4 Å².